The van der Waals surface area contributed by atoms with E-state index in [1.54, 1.807) is 6.07 Å². The first-order chi connectivity index (χ1) is 13.7. The second kappa shape index (κ2) is 7.31. The van der Waals surface area contributed by atoms with E-state index in [4.69, 9.17) is 16.3 Å². The van der Waals surface area contributed by atoms with Gasteiger partial charge in [0.1, 0.15) is 17.2 Å². The highest BCUT2D eigenvalue weighted by molar-refractivity contribution is 7.09. The molecule has 0 spiro atoms. The van der Waals surface area contributed by atoms with Crippen LogP contribution in [0.4, 0.5) is 13.2 Å². The molecule has 0 fully saturated rings. The van der Waals surface area contributed by atoms with Gasteiger partial charge in [-0.15, -0.1) is 13.2 Å². The van der Waals surface area contributed by atoms with Gasteiger partial charge in [-0.3, -0.25) is 9.78 Å². The number of H-pyrrole nitrogens is 1. The zero-order chi connectivity index (χ0) is 20.8. The molecule has 0 bridgehead atoms. The van der Waals surface area contributed by atoms with Gasteiger partial charge in [-0.1, -0.05) is 29.0 Å². The van der Waals surface area contributed by atoms with Crippen molar-refractivity contribution >= 4 is 22.9 Å². The number of fused-ring (bicyclic) bond motifs is 1. The van der Waals surface area contributed by atoms with Crippen molar-refractivity contribution in [3.63, 3.8) is 0 Å². The molecule has 29 heavy (non-hydrogen) atoms. The summed E-state index contributed by atoms with van der Waals surface area (Å²) in [6.45, 7) is 0. The fourth-order valence-corrected chi connectivity index (χ4v) is 4.48. The lowest BCUT2D eigenvalue weighted by atomic mass is 10.00. The molecule has 1 heterocycles. The fraction of sp³-hybridized carbons (Fsp3) is 0.211. The highest BCUT2D eigenvalue weighted by Crippen LogP contribution is 2.44. The molecule has 0 saturated carbocycles. The zero-order valence-electron chi connectivity index (χ0n) is 14.5. The molecule has 1 atom stereocenters. The first-order valence-electron chi connectivity index (χ1n) is 8.47. The molecule has 2 N–H and O–H groups in total. The summed E-state index contributed by atoms with van der Waals surface area (Å²) in [5.74, 6) is 0.0490. The quantitative estimate of drug-likeness (QED) is 0.553. The van der Waals surface area contributed by atoms with E-state index >= 15 is 0 Å². The van der Waals surface area contributed by atoms with Crippen LogP contribution in [0.1, 0.15) is 28.3 Å². The molecule has 4 rings (SSSR count). The number of aryl methyl sites for hydroxylation is 1. The number of nitrogens with one attached hydrogen (secondary N) is 1. The van der Waals surface area contributed by atoms with Crippen molar-refractivity contribution in [1.82, 2.24) is 4.98 Å². The Morgan fingerprint density at radius 1 is 1.17 bits per heavy atom. The molecule has 0 radical (unpaired) electrons. The molecule has 0 amide bonds. The van der Waals surface area contributed by atoms with E-state index < -0.39 is 12.1 Å². The van der Waals surface area contributed by atoms with E-state index in [1.165, 1.54) is 6.07 Å². The van der Waals surface area contributed by atoms with Crippen LogP contribution >= 0.6 is 22.9 Å². The maximum absolute atomic E-state index is 12.3. The first kappa shape index (κ1) is 19.7. The van der Waals surface area contributed by atoms with Crippen molar-refractivity contribution in [2.24, 2.45) is 0 Å². The summed E-state index contributed by atoms with van der Waals surface area (Å²) < 4.78 is 46.4. The van der Waals surface area contributed by atoms with Crippen LogP contribution in [-0.4, -0.2) is 16.5 Å². The molecule has 0 aliphatic heterocycles. The van der Waals surface area contributed by atoms with Crippen LogP contribution in [0.3, 0.4) is 0 Å². The number of aromatic hydroxyl groups is 1. The Bertz CT molecular complexity index is 1130. The molecule has 0 unspecified atom stereocenters. The van der Waals surface area contributed by atoms with Crippen LogP contribution in [-0.2, 0) is 6.42 Å². The lowest BCUT2D eigenvalue weighted by Gasteiger charge is -2.13. The highest BCUT2D eigenvalue weighted by Gasteiger charge is 2.31. The number of benzene rings is 2. The summed E-state index contributed by atoms with van der Waals surface area (Å²) in [5, 5.41) is 9.90. The molecular formula is C19H13ClF3NO4S. The van der Waals surface area contributed by atoms with Gasteiger partial charge in [-0.05, 0) is 48.2 Å². The number of alkyl halides is 3. The van der Waals surface area contributed by atoms with Crippen LogP contribution in [0.2, 0.25) is 5.02 Å². The number of rotatable bonds is 4. The number of hydrogen-bond acceptors (Lipinski definition) is 5. The molecule has 10 heteroatoms. The zero-order valence-corrected chi connectivity index (χ0v) is 16.1. The summed E-state index contributed by atoms with van der Waals surface area (Å²) in [7, 11) is 0. The van der Waals surface area contributed by atoms with Gasteiger partial charge in [0.2, 0.25) is 5.88 Å². The van der Waals surface area contributed by atoms with Gasteiger partial charge in [0.25, 0.3) is 0 Å². The molecule has 1 aliphatic rings. The SMILES string of the molecule is O=c1[nH]c(O)c([C@@H]2CCc3cc(Oc4ccc(OC(F)(F)F)cc4Cl)ccc32)s1. The van der Waals surface area contributed by atoms with Gasteiger partial charge in [0.05, 0.1) is 9.90 Å². The Morgan fingerprint density at radius 2 is 1.93 bits per heavy atom. The monoisotopic (exact) mass is 443 g/mol. The molecule has 152 valence electrons. The minimum atomic E-state index is -4.80. The average Bonchev–Trinajstić information content (AvgIpc) is 3.18. The Hall–Kier alpha value is -2.65. The lowest BCUT2D eigenvalue weighted by Crippen LogP contribution is -2.17. The van der Waals surface area contributed by atoms with Gasteiger partial charge in [0.15, 0.2) is 0 Å². The molecule has 5 nitrogen and oxygen atoms in total. The highest BCUT2D eigenvalue weighted by atomic mass is 35.5. The van der Waals surface area contributed by atoms with E-state index in [0.29, 0.717) is 10.6 Å². The standard InChI is InChI=1S/C19H13ClF3NO4S/c20-14-8-11(28-19(21,22)23)3-6-15(14)27-10-2-5-12-9(7-10)1-4-13(12)16-17(25)24-18(26)29-16/h2-3,5-8,13,25H,1,4H2,(H,24,26)/t13-/m1/s1. The van der Waals surface area contributed by atoms with Crippen LogP contribution in [0.5, 0.6) is 23.1 Å². The van der Waals surface area contributed by atoms with Crippen LogP contribution < -0.4 is 14.3 Å². The summed E-state index contributed by atoms with van der Waals surface area (Å²) >= 11 is 7.00. The van der Waals surface area contributed by atoms with Crippen LogP contribution in [0, 0.1) is 0 Å². The molecular weight excluding hydrogens is 431 g/mol. The van der Waals surface area contributed by atoms with Gasteiger partial charge in [0, 0.05) is 12.0 Å². The molecule has 3 aromatic rings. The summed E-state index contributed by atoms with van der Waals surface area (Å²) in [5.41, 5.74) is 1.99. The molecule has 0 saturated heterocycles. The van der Waals surface area contributed by atoms with Crippen molar-refractivity contribution in [1.29, 1.82) is 0 Å². The maximum atomic E-state index is 12.3. The van der Waals surface area contributed by atoms with Gasteiger partial charge in [-0.2, -0.15) is 0 Å². The largest absolute Gasteiger partial charge is 0.573 e. The van der Waals surface area contributed by atoms with E-state index in [1.807, 2.05) is 12.1 Å². The number of thiazole rings is 1. The Balaban J connectivity index is 1.55. The van der Waals surface area contributed by atoms with E-state index in [9.17, 15) is 23.1 Å². The summed E-state index contributed by atoms with van der Waals surface area (Å²) in [4.78, 5) is 14.1. The Kier molecular flexibility index (Phi) is 4.95. The van der Waals surface area contributed by atoms with Gasteiger partial charge < -0.3 is 14.6 Å². The van der Waals surface area contributed by atoms with Crippen molar-refractivity contribution < 1.29 is 27.8 Å². The minimum absolute atomic E-state index is 0.0212. The summed E-state index contributed by atoms with van der Waals surface area (Å²) in [6.07, 6.45) is -3.33. The number of aromatic amines is 1. The second-order valence-corrected chi connectivity index (χ2v) is 7.84. The van der Waals surface area contributed by atoms with Gasteiger partial charge >= 0.3 is 11.2 Å². The topological polar surface area (TPSA) is 71.6 Å². The van der Waals surface area contributed by atoms with Crippen molar-refractivity contribution in [2.45, 2.75) is 25.1 Å². The maximum Gasteiger partial charge on any atom is 0.573 e. The summed E-state index contributed by atoms with van der Waals surface area (Å²) in [6, 6.07) is 8.83. The molecule has 2 aromatic carbocycles. The van der Waals surface area contributed by atoms with Crippen molar-refractivity contribution in [2.75, 3.05) is 0 Å². The average molecular weight is 444 g/mol. The third kappa shape index (κ3) is 4.20. The smallest absolute Gasteiger partial charge is 0.494 e. The van der Waals surface area contributed by atoms with E-state index in [-0.39, 0.29) is 27.4 Å². The van der Waals surface area contributed by atoms with Gasteiger partial charge in [-0.25, -0.2) is 0 Å². The third-order valence-electron chi connectivity index (χ3n) is 4.53. The minimum Gasteiger partial charge on any atom is -0.494 e. The predicted molar refractivity (Wildman–Crippen MR) is 101 cm³/mol. The fourth-order valence-electron chi connectivity index (χ4n) is 3.39. The van der Waals surface area contributed by atoms with Crippen molar-refractivity contribution in [3.05, 3.63) is 67.1 Å². The lowest BCUT2D eigenvalue weighted by molar-refractivity contribution is -0.274. The third-order valence-corrected chi connectivity index (χ3v) is 5.81. The predicted octanol–water partition coefficient (Wildman–Crippen LogP) is 5.56. The van der Waals surface area contributed by atoms with Crippen LogP contribution in [0.15, 0.2) is 41.2 Å². The van der Waals surface area contributed by atoms with Crippen molar-refractivity contribution in [3.8, 4) is 23.1 Å². The number of aromatic nitrogens is 1. The number of hydrogen-bond donors (Lipinski definition) is 2. The van der Waals surface area contributed by atoms with E-state index in [2.05, 4.69) is 9.72 Å². The van der Waals surface area contributed by atoms with E-state index in [0.717, 1.165) is 47.4 Å². The van der Waals surface area contributed by atoms with Crippen LogP contribution in [0.25, 0.3) is 0 Å². The molecule has 1 aromatic heterocycles. The number of halogens is 4. The first-order valence-corrected chi connectivity index (χ1v) is 9.67. The molecule has 1 aliphatic carbocycles. The Morgan fingerprint density at radius 3 is 2.59 bits per heavy atom. The number of ether oxygens (including phenoxy) is 2. The Labute approximate surface area is 171 Å². The normalized spacial score (nSPS) is 15.9. The second-order valence-electron chi connectivity index (χ2n) is 6.42.